The van der Waals surface area contributed by atoms with Crippen LogP contribution in [-0.2, 0) is 11.3 Å². The van der Waals surface area contributed by atoms with E-state index in [9.17, 15) is 15.0 Å². The number of nitrogens with two attached hydrogens (primary N) is 1. The number of rotatable bonds is 4. The van der Waals surface area contributed by atoms with Gasteiger partial charge in [-0.15, -0.1) is 0 Å². The molecule has 1 unspecified atom stereocenters. The van der Waals surface area contributed by atoms with E-state index in [1.807, 2.05) is 6.07 Å². The molecule has 1 atom stereocenters. The molecular formula is C13H18N2O4. The number of hydrogen-bond donors (Lipinski definition) is 3. The molecule has 0 bridgehead atoms. The molecule has 6 nitrogen and oxygen atoms in total. The molecule has 0 aliphatic carbocycles. The van der Waals surface area contributed by atoms with E-state index < -0.39 is 12.1 Å². The Morgan fingerprint density at radius 3 is 2.68 bits per heavy atom. The highest BCUT2D eigenvalue weighted by molar-refractivity contribution is 6.00. The Kier molecular flexibility index (Phi) is 4.04. The largest absolute Gasteiger partial charge is 0.479 e. The van der Waals surface area contributed by atoms with Crippen molar-refractivity contribution in [2.75, 3.05) is 18.1 Å². The molecule has 1 aromatic rings. The molecule has 6 heteroatoms. The average Bonchev–Trinajstić information content (AvgIpc) is 2.43. The van der Waals surface area contributed by atoms with Gasteiger partial charge in [0.25, 0.3) is 5.91 Å². The second kappa shape index (κ2) is 5.56. The first-order valence-corrected chi connectivity index (χ1v) is 6.16. The molecular weight excluding hydrogens is 248 g/mol. The summed E-state index contributed by atoms with van der Waals surface area (Å²) in [5, 5.41) is 18.6. The van der Waals surface area contributed by atoms with Gasteiger partial charge in [0, 0.05) is 6.54 Å². The van der Waals surface area contributed by atoms with Crippen molar-refractivity contribution in [3.05, 3.63) is 23.8 Å². The third-order valence-electron chi connectivity index (χ3n) is 3.19. The maximum absolute atomic E-state index is 12.2. The molecule has 2 rings (SSSR count). The van der Waals surface area contributed by atoms with Gasteiger partial charge in [-0.1, -0.05) is 6.07 Å². The highest BCUT2D eigenvalue weighted by Gasteiger charge is 2.35. The summed E-state index contributed by atoms with van der Waals surface area (Å²) >= 11 is 0. The highest BCUT2D eigenvalue weighted by Crippen LogP contribution is 2.36. The SMILES string of the molecule is CC1Oc2ccc(CN)cc2N(C(CO)CO)C1=O. The van der Waals surface area contributed by atoms with E-state index in [4.69, 9.17) is 10.5 Å². The summed E-state index contributed by atoms with van der Waals surface area (Å²) in [7, 11) is 0. The van der Waals surface area contributed by atoms with Gasteiger partial charge in [-0.05, 0) is 24.6 Å². The number of aliphatic hydroxyl groups excluding tert-OH is 2. The zero-order valence-corrected chi connectivity index (χ0v) is 10.7. The van der Waals surface area contributed by atoms with Gasteiger partial charge in [-0.25, -0.2) is 0 Å². The van der Waals surface area contributed by atoms with Crippen molar-refractivity contribution in [1.29, 1.82) is 0 Å². The van der Waals surface area contributed by atoms with Crippen molar-refractivity contribution in [3.8, 4) is 5.75 Å². The Morgan fingerprint density at radius 1 is 1.42 bits per heavy atom. The Morgan fingerprint density at radius 2 is 2.11 bits per heavy atom. The van der Waals surface area contributed by atoms with Gasteiger partial charge in [-0.3, -0.25) is 9.69 Å². The fraction of sp³-hybridized carbons (Fsp3) is 0.462. The van der Waals surface area contributed by atoms with Crippen LogP contribution in [0.3, 0.4) is 0 Å². The van der Waals surface area contributed by atoms with Gasteiger partial charge in [0.2, 0.25) is 0 Å². The van der Waals surface area contributed by atoms with Crippen LogP contribution in [0.15, 0.2) is 18.2 Å². The number of carbonyl (C=O) groups excluding carboxylic acids is 1. The number of aliphatic hydroxyl groups is 2. The smallest absolute Gasteiger partial charge is 0.268 e. The van der Waals surface area contributed by atoms with Crippen LogP contribution in [0.25, 0.3) is 0 Å². The second-order valence-corrected chi connectivity index (χ2v) is 4.49. The lowest BCUT2D eigenvalue weighted by Crippen LogP contribution is -2.52. The summed E-state index contributed by atoms with van der Waals surface area (Å²) < 4.78 is 5.52. The van der Waals surface area contributed by atoms with Crippen LogP contribution in [-0.4, -0.2) is 41.5 Å². The van der Waals surface area contributed by atoms with Gasteiger partial charge in [0.1, 0.15) is 5.75 Å². The molecule has 0 spiro atoms. The maximum Gasteiger partial charge on any atom is 0.268 e. The lowest BCUT2D eigenvalue weighted by atomic mass is 10.1. The van der Waals surface area contributed by atoms with Gasteiger partial charge in [0.15, 0.2) is 6.10 Å². The molecule has 0 aromatic heterocycles. The molecule has 1 aliphatic rings. The third kappa shape index (κ3) is 2.42. The van der Waals surface area contributed by atoms with Crippen molar-refractivity contribution in [1.82, 2.24) is 0 Å². The molecule has 0 fully saturated rings. The summed E-state index contributed by atoms with van der Waals surface area (Å²) in [5.41, 5.74) is 6.98. The lowest BCUT2D eigenvalue weighted by Gasteiger charge is -2.37. The molecule has 104 valence electrons. The fourth-order valence-corrected chi connectivity index (χ4v) is 2.13. The normalized spacial score (nSPS) is 18.5. The van der Waals surface area contributed by atoms with Crippen LogP contribution in [0.2, 0.25) is 0 Å². The third-order valence-corrected chi connectivity index (χ3v) is 3.19. The van der Waals surface area contributed by atoms with E-state index in [1.165, 1.54) is 4.90 Å². The minimum Gasteiger partial charge on any atom is -0.479 e. The summed E-state index contributed by atoms with van der Waals surface area (Å²) in [6, 6.07) is 4.65. The fourth-order valence-electron chi connectivity index (χ4n) is 2.13. The van der Waals surface area contributed by atoms with Crippen LogP contribution >= 0.6 is 0 Å². The van der Waals surface area contributed by atoms with E-state index >= 15 is 0 Å². The number of carbonyl (C=O) groups is 1. The first kappa shape index (κ1) is 13.8. The highest BCUT2D eigenvalue weighted by atomic mass is 16.5. The maximum atomic E-state index is 12.2. The quantitative estimate of drug-likeness (QED) is 0.690. The van der Waals surface area contributed by atoms with E-state index in [0.29, 0.717) is 18.0 Å². The molecule has 1 amide bonds. The number of anilines is 1. The number of fused-ring (bicyclic) bond motifs is 1. The molecule has 1 heterocycles. The summed E-state index contributed by atoms with van der Waals surface area (Å²) in [4.78, 5) is 13.6. The van der Waals surface area contributed by atoms with E-state index in [2.05, 4.69) is 0 Å². The van der Waals surface area contributed by atoms with Crippen molar-refractivity contribution in [3.63, 3.8) is 0 Å². The summed E-state index contributed by atoms with van der Waals surface area (Å²) in [5.74, 6) is 0.269. The second-order valence-electron chi connectivity index (χ2n) is 4.49. The molecule has 1 aromatic carbocycles. The zero-order chi connectivity index (χ0) is 14.0. The Hall–Kier alpha value is -1.63. The van der Waals surface area contributed by atoms with Crippen LogP contribution in [0.1, 0.15) is 12.5 Å². The minimum absolute atomic E-state index is 0.283. The van der Waals surface area contributed by atoms with Crippen molar-refractivity contribution >= 4 is 11.6 Å². The minimum atomic E-state index is -0.675. The van der Waals surface area contributed by atoms with Gasteiger partial charge in [-0.2, -0.15) is 0 Å². The summed E-state index contributed by atoms with van der Waals surface area (Å²) in [6.07, 6.45) is -0.642. The number of ether oxygens (including phenoxy) is 1. The lowest BCUT2D eigenvalue weighted by molar-refractivity contribution is -0.126. The molecule has 1 aliphatic heterocycles. The molecule has 19 heavy (non-hydrogen) atoms. The topological polar surface area (TPSA) is 96.0 Å². The average molecular weight is 266 g/mol. The molecule has 4 N–H and O–H groups in total. The number of amides is 1. The Bertz CT molecular complexity index is 474. The van der Waals surface area contributed by atoms with Gasteiger partial charge in [0.05, 0.1) is 24.9 Å². The predicted molar refractivity (Wildman–Crippen MR) is 69.9 cm³/mol. The Labute approximate surface area is 111 Å². The monoisotopic (exact) mass is 266 g/mol. The Balaban J connectivity index is 2.49. The van der Waals surface area contributed by atoms with Crippen molar-refractivity contribution in [2.24, 2.45) is 5.73 Å². The van der Waals surface area contributed by atoms with Gasteiger partial charge >= 0.3 is 0 Å². The summed E-state index contributed by atoms with van der Waals surface area (Å²) in [6.45, 7) is 1.34. The van der Waals surface area contributed by atoms with E-state index in [-0.39, 0.29) is 19.1 Å². The van der Waals surface area contributed by atoms with E-state index in [0.717, 1.165) is 5.56 Å². The number of hydrogen-bond acceptors (Lipinski definition) is 5. The van der Waals surface area contributed by atoms with Crippen LogP contribution < -0.4 is 15.4 Å². The molecule has 0 saturated heterocycles. The number of nitrogens with zero attached hydrogens (tertiary/aromatic N) is 1. The van der Waals surface area contributed by atoms with Crippen LogP contribution in [0.4, 0.5) is 5.69 Å². The van der Waals surface area contributed by atoms with Crippen LogP contribution in [0, 0.1) is 0 Å². The molecule has 0 saturated carbocycles. The standard InChI is InChI=1S/C13H18N2O4/c1-8-13(18)15(10(6-16)7-17)11-4-9(5-14)2-3-12(11)19-8/h2-4,8,10,16-17H,5-7,14H2,1H3. The predicted octanol–water partition coefficient (Wildman–Crippen LogP) is -0.388. The van der Waals surface area contributed by atoms with E-state index in [1.54, 1.807) is 19.1 Å². The zero-order valence-electron chi connectivity index (χ0n) is 10.7. The van der Waals surface area contributed by atoms with Crippen LogP contribution in [0.5, 0.6) is 5.75 Å². The number of benzene rings is 1. The first-order chi connectivity index (χ1) is 9.12. The van der Waals surface area contributed by atoms with Gasteiger partial charge < -0.3 is 20.7 Å². The first-order valence-electron chi connectivity index (χ1n) is 6.16. The van der Waals surface area contributed by atoms with Crippen molar-refractivity contribution in [2.45, 2.75) is 25.6 Å². The molecule has 0 radical (unpaired) electrons. The van der Waals surface area contributed by atoms with Crippen molar-refractivity contribution < 1.29 is 19.7 Å².